The molecule has 3 rings (SSSR count). The van der Waals surface area contributed by atoms with Crippen LogP contribution in [-0.2, 0) is 10.0 Å². The van der Waals surface area contributed by atoms with Gasteiger partial charge in [-0.1, -0.05) is 24.3 Å². The van der Waals surface area contributed by atoms with Gasteiger partial charge >= 0.3 is 0 Å². The van der Waals surface area contributed by atoms with Gasteiger partial charge in [-0.15, -0.1) is 0 Å². The third kappa shape index (κ3) is 7.09. The van der Waals surface area contributed by atoms with Crippen LogP contribution in [0.3, 0.4) is 0 Å². The minimum atomic E-state index is -3.41. The number of sulfonamides is 1. The molecule has 1 unspecified atom stereocenters. The zero-order valence-electron chi connectivity index (χ0n) is 17.6. The summed E-state index contributed by atoms with van der Waals surface area (Å²) in [5, 5.41) is 8.69. The van der Waals surface area contributed by atoms with Gasteiger partial charge in [-0.05, 0) is 29.8 Å². The molecule has 1 aliphatic heterocycles. The predicted octanol–water partition coefficient (Wildman–Crippen LogP) is 1.09. The van der Waals surface area contributed by atoms with Crippen LogP contribution in [0.1, 0.15) is 15.9 Å². The number of halogens is 1. The second kappa shape index (κ2) is 10.6. The summed E-state index contributed by atoms with van der Waals surface area (Å²) in [6.07, 6.45) is 6.06. The molecule has 9 nitrogen and oxygen atoms in total. The van der Waals surface area contributed by atoms with Crippen molar-refractivity contribution in [3.63, 3.8) is 0 Å². The molecule has 172 valence electrons. The van der Waals surface area contributed by atoms with Crippen molar-refractivity contribution in [3.8, 4) is 0 Å². The van der Waals surface area contributed by atoms with Crippen LogP contribution in [0.25, 0.3) is 6.08 Å². The van der Waals surface area contributed by atoms with Crippen LogP contribution in [0.2, 0.25) is 0 Å². The van der Waals surface area contributed by atoms with Gasteiger partial charge in [0.25, 0.3) is 5.91 Å². The lowest BCUT2D eigenvalue weighted by Gasteiger charge is -2.36. The molecule has 1 fully saturated rings. The van der Waals surface area contributed by atoms with Crippen LogP contribution >= 0.6 is 0 Å². The fourth-order valence-electron chi connectivity index (χ4n) is 3.42. The summed E-state index contributed by atoms with van der Waals surface area (Å²) < 4.78 is 39.3. The molecule has 1 amide bonds. The number of carbonyl (C=O) groups excluding carboxylic acids is 1. The summed E-state index contributed by atoms with van der Waals surface area (Å²) in [5.74, 6) is -0.222. The van der Waals surface area contributed by atoms with E-state index in [1.54, 1.807) is 41.9 Å². The van der Waals surface area contributed by atoms with Gasteiger partial charge in [-0.25, -0.2) is 28.0 Å². The van der Waals surface area contributed by atoms with Crippen LogP contribution in [0, 0.1) is 5.82 Å². The molecule has 1 aromatic carbocycles. The van der Waals surface area contributed by atoms with E-state index in [0.29, 0.717) is 32.7 Å². The first-order valence-corrected chi connectivity index (χ1v) is 11.9. The quantitative estimate of drug-likeness (QED) is 0.397. The lowest BCUT2D eigenvalue weighted by atomic mass is 10.1. The van der Waals surface area contributed by atoms with E-state index in [1.807, 2.05) is 0 Å². The van der Waals surface area contributed by atoms with E-state index in [9.17, 15) is 17.6 Å². The van der Waals surface area contributed by atoms with Crippen molar-refractivity contribution in [2.45, 2.75) is 6.04 Å². The highest BCUT2D eigenvalue weighted by molar-refractivity contribution is 7.88. The number of pyridine rings is 1. The summed E-state index contributed by atoms with van der Waals surface area (Å²) in [4.78, 5) is 19.9. The minimum Gasteiger partial charge on any atom is -0.354 e. The number of nitrogens with zero attached hydrogens (tertiary/aromatic N) is 3. The van der Waals surface area contributed by atoms with E-state index in [-0.39, 0.29) is 11.4 Å². The summed E-state index contributed by atoms with van der Waals surface area (Å²) in [6, 6.07) is 8.85. The molecule has 0 aliphatic carbocycles. The molecule has 0 radical (unpaired) electrons. The summed E-state index contributed by atoms with van der Waals surface area (Å²) in [6.45, 7) is 3.26. The number of nitrogens with one attached hydrogen (secondary N) is 2. The summed E-state index contributed by atoms with van der Waals surface area (Å²) in [5.41, 5.74) is 2.61. The molecule has 32 heavy (non-hydrogen) atoms. The SMILES string of the molecule is CS(=O)(=O)NC(C=Cc1ccc(F)cc1)CN1CCN(c2ccc(C(=O)NO)cn2)CC1. The molecule has 0 bridgehead atoms. The van der Waals surface area contributed by atoms with Crippen molar-refractivity contribution >= 4 is 27.8 Å². The monoisotopic (exact) mass is 463 g/mol. The van der Waals surface area contributed by atoms with Crippen LogP contribution < -0.4 is 15.1 Å². The third-order valence-electron chi connectivity index (χ3n) is 5.02. The largest absolute Gasteiger partial charge is 0.354 e. The second-order valence-electron chi connectivity index (χ2n) is 7.54. The molecule has 11 heteroatoms. The maximum absolute atomic E-state index is 13.1. The van der Waals surface area contributed by atoms with Crippen molar-refractivity contribution in [1.29, 1.82) is 0 Å². The second-order valence-corrected chi connectivity index (χ2v) is 9.32. The summed E-state index contributed by atoms with van der Waals surface area (Å²) in [7, 11) is -3.41. The minimum absolute atomic E-state index is 0.262. The van der Waals surface area contributed by atoms with E-state index in [2.05, 4.69) is 19.5 Å². The Morgan fingerprint density at radius 1 is 1.19 bits per heavy atom. The highest BCUT2D eigenvalue weighted by atomic mass is 32.2. The van der Waals surface area contributed by atoms with Crippen molar-refractivity contribution in [3.05, 3.63) is 65.6 Å². The van der Waals surface area contributed by atoms with E-state index in [1.165, 1.54) is 18.3 Å². The molecular formula is C21H26FN5O4S. The van der Waals surface area contributed by atoms with Gasteiger partial charge in [0.05, 0.1) is 17.9 Å². The Morgan fingerprint density at radius 3 is 2.44 bits per heavy atom. The molecule has 3 N–H and O–H groups in total. The zero-order valence-corrected chi connectivity index (χ0v) is 18.4. The molecule has 1 saturated heterocycles. The standard InChI is InChI=1S/C21H26FN5O4S/c1-32(30,31)25-19(8-4-16-2-6-18(22)7-3-16)15-26-10-12-27(13-11-26)20-9-5-17(14-23-20)21(28)24-29/h2-9,14,19,25,29H,10-13,15H2,1H3,(H,24,28). The maximum atomic E-state index is 13.1. The topological polar surface area (TPSA) is 115 Å². The Labute approximate surface area is 186 Å². The molecule has 1 aliphatic rings. The normalized spacial score (nSPS) is 16.3. The maximum Gasteiger partial charge on any atom is 0.276 e. The first-order valence-electron chi connectivity index (χ1n) is 10.0. The number of carbonyl (C=O) groups is 1. The van der Waals surface area contributed by atoms with Gasteiger partial charge in [-0.3, -0.25) is 14.9 Å². The Morgan fingerprint density at radius 2 is 1.88 bits per heavy atom. The average molecular weight is 464 g/mol. The lowest BCUT2D eigenvalue weighted by molar-refractivity contribution is 0.0706. The number of hydroxylamine groups is 1. The number of rotatable bonds is 8. The molecule has 1 aromatic heterocycles. The number of amides is 1. The Balaban J connectivity index is 1.59. The fraction of sp³-hybridized carbons (Fsp3) is 0.333. The van der Waals surface area contributed by atoms with Gasteiger partial charge in [0.1, 0.15) is 11.6 Å². The molecule has 0 spiro atoms. The number of hydrogen-bond donors (Lipinski definition) is 3. The number of benzene rings is 1. The zero-order chi connectivity index (χ0) is 23.1. The Kier molecular flexibility index (Phi) is 7.91. The van der Waals surface area contributed by atoms with Gasteiger partial charge < -0.3 is 4.90 Å². The van der Waals surface area contributed by atoms with Gasteiger partial charge in [0, 0.05) is 38.9 Å². The third-order valence-corrected chi connectivity index (χ3v) is 5.75. The number of piperazine rings is 1. The highest BCUT2D eigenvalue weighted by Gasteiger charge is 2.21. The Bertz CT molecular complexity index is 1040. The van der Waals surface area contributed by atoms with Crippen molar-refractivity contribution < 1.29 is 22.8 Å². The number of hydrogen-bond acceptors (Lipinski definition) is 7. The first-order chi connectivity index (χ1) is 15.2. The fourth-order valence-corrected chi connectivity index (χ4v) is 4.13. The molecular weight excluding hydrogens is 437 g/mol. The van der Waals surface area contributed by atoms with Crippen molar-refractivity contribution in [1.82, 2.24) is 20.1 Å². The average Bonchev–Trinajstić information content (AvgIpc) is 2.77. The summed E-state index contributed by atoms with van der Waals surface area (Å²) >= 11 is 0. The van der Waals surface area contributed by atoms with Crippen molar-refractivity contribution in [2.24, 2.45) is 0 Å². The van der Waals surface area contributed by atoms with Gasteiger partial charge in [-0.2, -0.15) is 0 Å². The van der Waals surface area contributed by atoms with E-state index in [0.717, 1.165) is 17.6 Å². The molecule has 2 aromatic rings. The highest BCUT2D eigenvalue weighted by Crippen LogP contribution is 2.15. The molecule has 0 saturated carbocycles. The van der Waals surface area contributed by atoms with Crippen LogP contribution in [0.5, 0.6) is 0 Å². The molecule has 1 atom stereocenters. The Hall–Kier alpha value is -2.86. The van der Waals surface area contributed by atoms with Crippen molar-refractivity contribution in [2.75, 3.05) is 43.9 Å². The van der Waals surface area contributed by atoms with Crippen LogP contribution in [0.15, 0.2) is 48.7 Å². The van der Waals surface area contributed by atoms with E-state index in [4.69, 9.17) is 5.21 Å². The van der Waals surface area contributed by atoms with Crippen LogP contribution in [-0.4, -0.2) is 74.4 Å². The first kappa shape index (κ1) is 23.8. The van der Waals surface area contributed by atoms with E-state index < -0.39 is 22.0 Å². The lowest BCUT2D eigenvalue weighted by Crippen LogP contribution is -2.51. The smallest absolute Gasteiger partial charge is 0.276 e. The van der Waals surface area contributed by atoms with Gasteiger partial charge in [0.2, 0.25) is 10.0 Å². The van der Waals surface area contributed by atoms with Gasteiger partial charge in [0.15, 0.2) is 0 Å². The van der Waals surface area contributed by atoms with E-state index >= 15 is 0 Å². The number of aromatic nitrogens is 1. The molecule has 2 heterocycles. The van der Waals surface area contributed by atoms with Crippen LogP contribution in [0.4, 0.5) is 10.2 Å². The number of anilines is 1. The predicted molar refractivity (Wildman–Crippen MR) is 119 cm³/mol.